The number of sulfonamides is 1. The summed E-state index contributed by atoms with van der Waals surface area (Å²) in [5, 5.41) is 10.8. The van der Waals surface area contributed by atoms with Crippen LogP contribution in [0.25, 0.3) is 0 Å². The van der Waals surface area contributed by atoms with Crippen LogP contribution in [0.4, 0.5) is 0 Å². The normalized spacial score (nSPS) is 24.8. The van der Waals surface area contributed by atoms with Crippen molar-refractivity contribution in [1.82, 2.24) is 24.3 Å². The number of nitrogens with one attached hydrogen (secondary N) is 1. The van der Waals surface area contributed by atoms with Gasteiger partial charge in [-0.25, -0.2) is 13.1 Å². The number of aromatic nitrogens is 2. The van der Waals surface area contributed by atoms with E-state index < -0.39 is 10.0 Å². The standard InChI is InChI=1S/C15H25N5O4S.CH2O2/c1-18(2)15(21)5-13-8-20-7-11(4-12(20)10-24-13)17-25(22,23)14-6-16-19(3)9-14;2-1-3/h6,9,11-13,17H,4-5,7-8,10H2,1-3H3;1H,(H,2,3)/t11-,12-,13-;/m0./s1. The van der Waals surface area contributed by atoms with Crippen LogP contribution in [-0.4, -0.2) is 97.5 Å². The molecule has 2 aliphatic rings. The monoisotopic (exact) mass is 417 g/mol. The number of carbonyl (C=O) groups excluding carboxylic acids is 1. The van der Waals surface area contributed by atoms with Gasteiger partial charge in [0, 0.05) is 52.5 Å². The molecule has 1 aromatic rings. The minimum Gasteiger partial charge on any atom is -0.483 e. The number of carboxylic acid groups (broad SMARTS) is 1. The molecule has 28 heavy (non-hydrogen) atoms. The molecule has 0 unspecified atom stereocenters. The fourth-order valence-electron chi connectivity index (χ4n) is 3.35. The van der Waals surface area contributed by atoms with Gasteiger partial charge < -0.3 is 14.7 Å². The van der Waals surface area contributed by atoms with Gasteiger partial charge in [-0.1, -0.05) is 0 Å². The van der Waals surface area contributed by atoms with Crippen LogP contribution in [0.2, 0.25) is 0 Å². The second kappa shape index (κ2) is 9.45. The molecule has 3 atom stereocenters. The first kappa shape index (κ1) is 22.3. The minimum absolute atomic E-state index is 0.0384. The number of carbonyl (C=O) groups is 2. The lowest BCUT2D eigenvalue weighted by Gasteiger charge is -2.35. The topological polar surface area (TPSA) is 134 Å². The third-order valence-electron chi connectivity index (χ3n) is 4.70. The molecule has 0 radical (unpaired) electrons. The lowest BCUT2D eigenvalue weighted by atomic mass is 10.1. The Morgan fingerprint density at radius 2 is 2.14 bits per heavy atom. The molecule has 3 heterocycles. The summed E-state index contributed by atoms with van der Waals surface area (Å²) in [5.74, 6) is 0.0384. The van der Waals surface area contributed by atoms with E-state index in [1.165, 1.54) is 17.1 Å². The van der Waals surface area contributed by atoms with Crippen molar-refractivity contribution in [3.63, 3.8) is 0 Å². The molecule has 2 fully saturated rings. The van der Waals surface area contributed by atoms with E-state index in [-0.39, 0.29) is 35.5 Å². The summed E-state index contributed by atoms with van der Waals surface area (Å²) in [6, 6.07) is 0.0226. The van der Waals surface area contributed by atoms with Crippen LogP contribution in [-0.2, 0) is 31.4 Å². The zero-order valence-corrected chi connectivity index (χ0v) is 17.0. The molecule has 2 aliphatic heterocycles. The molecule has 12 heteroatoms. The molecule has 1 amide bonds. The number of aryl methyl sites for hydroxylation is 1. The van der Waals surface area contributed by atoms with Gasteiger partial charge in [0.1, 0.15) is 4.90 Å². The Bertz CT molecular complexity index is 780. The molecule has 3 rings (SSSR count). The summed E-state index contributed by atoms with van der Waals surface area (Å²) in [6.45, 7) is 1.55. The summed E-state index contributed by atoms with van der Waals surface area (Å²) in [7, 11) is 1.57. The van der Waals surface area contributed by atoms with Crippen molar-refractivity contribution in [2.24, 2.45) is 7.05 Å². The van der Waals surface area contributed by atoms with Crippen LogP contribution < -0.4 is 4.72 Å². The van der Waals surface area contributed by atoms with Gasteiger partial charge in [-0.15, -0.1) is 0 Å². The number of rotatable bonds is 5. The lowest BCUT2D eigenvalue weighted by molar-refractivity contribution is -0.134. The van der Waals surface area contributed by atoms with Crippen molar-refractivity contribution in [3.8, 4) is 0 Å². The second-order valence-electron chi connectivity index (χ2n) is 7.06. The maximum Gasteiger partial charge on any atom is 0.290 e. The summed E-state index contributed by atoms with van der Waals surface area (Å²) in [6.07, 6.45) is 3.74. The predicted molar refractivity (Wildman–Crippen MR) is 99.0 cm³/mol. The highest BCUT2D eigenvalue weighted by Crippen LogP contribution is 2.25. The van der Waals surface area contributed by atoms with Crippen molar-refractivity contribution in [1.29, 1.82) is 0 Å². The Hall–Kier alpha value is -2.02. The van der Waals surface area contributed by atoms with E-state index >= 15 is 0 Å². The highest BCUT2D eigenvalue weighted by Gasteiger charge is 2.39. The van der Waals surface area contributed by atoms with Crippen molar-refractivity contribution < 1.29 is 27.9 Å². The molecular formula is C16H27N5O6S. The number of fused-ring (bicyclic) bond motifs is 1. The van der Waals surface area contributed by atoms with Gasteiger partial charge >= 0.3 is 0 Å². The summed E-state index contributed by atoms with van der Waals surface area (Å²) in [4.78, 5) is 24.2. The van der Waals surface area contributed by atoms with Crippen molar-refractivity contribution in [2.45, 2.75) is 35.9 Å². The van der Waals surface area contributed by atoms with Crippen LogP contribution >= 0.6 is 0 Å². The quantitative estimate of drug-likeness (QED) is 0.566. The summed E-state index contributed by atoms with van der Waals surface area (Å²) in [5.41, 5.74) is 0. The molecule has 0 aliphatic carbocycles. The van der Waals surface area contributed by atoms with Crippen LogP contribution in [0.15, 0.2) is 17.3 Å². The van der Waals surface area contributed by atoms with Crippen LogP contribution in [0.1, 0.15) is 12.8 Å². The van der Waals surface area contributed by atoms with E-state index in [0.29, 0.717) is 32.5 Å². The van der Waals surface area contributed by atoms with Crippen LogP contribution in [0, 0.1) is 0 Å². The van der Waals surface area contributed by atoms with Crippen molar-refractivity contribution >= 4 is 22.4 Å². The number of amides is 1. The molecule has 0 saturated carbocycles. The van der Waals surface area contributed by atoms with Gasteiger partial charge in [0.25, 0.3) is 6.47 Å². The maximum atomic E-state index is 12.4. The molecule has 0 bridgehead atoms. The Morgan fingerprint density at radius 1 is 1.46 bits per heavy atom. The average molecular weight is 417 g/mol. The second-order valence-corrected chi connectivity index (χ2v) is 8.78. The molecule has 158 valence electrons. The summed E-state index contributed by atoms with van der Waals surface area (Å²) >= 11 is 0. The molecular weight excluding hydrogens is 390 g/mol. The number of hydrogen-bond donors (Lipinski definition) is 2. The van der Waals surface area contributed by atoms with Gasteiger partial charge in [-0.05, 0) is 6.42 Å². The van der Waals surface area contributed by atoms with Gasteiger partial charge in [0.2, 0.25) is 15.9 Å². The number of morpholine rings is 1. The van der Waals surface area contributed by atoms with Crippen LogP contribution in [0.3, 0.4) is 0 Å². The third-order valence-corrected chi connectivity index (χ3v) is 6.18. The van der Waals surface area contributed by atoms with Crippen LogP contribution in [0.5, 0.6) is 0 Å². The maximum absolute atomic E-state index is 12.4. The largest absolute Gasteiger partial charge is 0.483 e. The van der Waals surface area contributed by atoms with E-state index in [1.54, 1.807) is 26.0 Å². The smallest absolute Gasteiger partial charge is 0.290 e. The predicted octanol–water partition coefficient (Wildman–Crippen LogP) is -1.28. The highest BCUT2D eigenvalue weighted by atomic mass is 32.2. The van der Waals surface area contributed by atoms with E-state index in [0.717, 1.165) is 0 Å². The molecule has 2 N–H and O–H groups in total. The van der Waals surface area contributed by atoms with Gasteiger partial charge in [0.05, 0.1) is 25.3 Å². The molecule has 0 aromatic carbocycles. The minimum atomic E-state index is -3.57. The van der Waals surface area contributed by atoms with E-state index in [1.807, 2.05) is 0 Å². The Balaban J connectivity index is 0.000000878. The number of ether oxygens (including phenoxy) is 1. The molecule has 0 spiro atoms. The third kappa shape index (κ3) is 5.74. The van der Waals surface area contributed by atoms with E-state index in [2.05, 4.69) is 14.7 Å². The van der Waals surface area contributed by atoms with E-state index in [4.69, 9.17) is 14.6 Å². The first-order valence-corrected chi connectivity index (χ1v) is 10.3. The van der Waals surface area contributed by atoms with Crippen molar-refractivity contribution in [3.05, 3.63) is 12.4 Å². The average Bonchev–Trinajstić information content (AvgIpc) is 3.20. The Labute approximate surface area is 164 Å². The van der Waals surface area contributed by atoms with Crippen molar-refractivity contribution in [2.75, 3.05) is 33.8 Å². The van der Waals surface area contributed by atoms with Gasteiger partial charge in [-0.2, -0.15) is 5.10 Å². The first-order chi connectivity index (χ1) is 13.2. The van der Waals surface area contributed by atoms with E-state index in [9.17, 15) is 13.2 Å². The molecule has 1 aromatic heterocycles. The highest BCUT2D eigenvalue weighted by molar-refractivity contribution is 7.89. The van der Waals surface area contributed by atoms with Gasteiger partial charge in [0.15, 0.2) is 0 Å². The fourth-order valence-corrected chi connectivity index (χ4v) is 4.58. The SMILES string of the molecule is CN(C)C(=O)C[C@H]1CN2C[C@@H](NS(=O)(=O)c3cnn(C)c3)C[C@H]2CO1.O=CO. The number of nitrogens with zero attached hydrogens (tertiary/aromatic N) is 4. The first-order valence-electron chi connectivity index (χ1n) is 8.81. The Kier molecular flexibility index (Phi) is 7.52. The summed E-state index contributed by atoms with van der Waals surface area (Å²) < 4.78 is 34.9. The zero-order chi connectivity index (χ0) is 20.9. The molecule has 11 nitrogen and oxygen atoms in total. The number of hydrogen-bond acceptors (Lipinski definition) is 7. The fraction of sp³-hybridized carbons (Fsp3) is 0.688. The zero-order valence-electron chi connectivity index (χ0n) is 16.2. The Morgan fingerprint density at radius 3 is 2.71 bits per heavy atom. The lowest BCUT2D eigenvalue weighted by Crippen LogP contribution is -2.47. The molecule has 2 saturated heterocycles. The van der Waals surface area contributed by atoms with Gasteiger partial charge in [-0.3, -0.25) is 19.2 Å².